The molecule has 94 valence electrons. The highest BCUT2D eigenvalue weighted by Gasteiger charge is 2.33. The SMILES string of the molecule is CC(C)CN1CCC[C@@H]1C(=O)OC(C)(C)C. The Kier molecular flexibility index (Phi) is 4.36. The van der Waals surface area contributed by atoms with Crippen LogP contribution in [0.4, 0.5) is 0 Å². The largest absolute Gasteiger partial charge is 0.459 e. The normalized spacial score (nSPS) is 22.8. The molecule has 1 atom stereocenters. The van der Waals surface area contributed by atoms with Crippen LogP contribution < -0.4 is 0 Å². The molecule has 0 saturated carbocycles. The molecule has 16 heavy (non-hydrogen) atoms. The minimum absolute atomic E-state index is 0.0124. The predicted molar refractivity (Wildman–Crippen MR) is 65.3 cm³/mol. The van der Waals surface area contributed by atoms with Crippen LogP contribution in [0.3, 0.4) is 0 Å². The van der Waals surface area contributed by atoms with Gasteiger partial charge in [0, 0.05) is 6.54 Å². The molecule has 0 aromatic rings. The first-order valence-corrected chi connectivity index (χ1v) is 6.26. The third-order valence-corrected chi connectivity index (χ3v) is 2.64. The molecule has 0 unspecified atom stereocenters. The lowest BCUT2D eigenvalue weighted by Gasteiger charge is -2.28. The summed E-state index contributed by atoms with van der Waals surface area (Å²) in [6.45, 7) is 12.2. The van der Waals surface area contributed by atoms with Crippen LogP contribution in [0.25, 0.3) is 0 Å². The van der Waals surface area contributed by atoms with Crippen molar-refractivity contribution in [1.82, 2.24) is 4.90 Å². The van der Waals surface area contributed by atoms with Gasteiger partial charge in [-0.25, -0.2) is 0 Å². The molecule has 1 heterocycles. The second-order valence-corrected chi connectivity index (χ2v) is 6.08. The summed E-state index contributed by atoms with van der Waals surface area (Å²) in [5.74, 6) is 0.550. The lowest BCUT2D eigenvalue weighted by molar-refractivity contribution is -0.160. The van der Waals surface area contributed by atoms with Crippen LogP contribution in [0, 0.1) is 5.92 Å². The van der Waals surface area contributed by atoms with Crippen molar-refractivity contribution in [3.63, 3.8) is 0 Å². The molecule has 0 spiro atoms. The molecule has 0 aliphatic carbocycles. The summed E-state index contributed by atoms with van der Waals surface area (Å²) in [7, 11) is 0. The smallest absolute Gasteiger partial charge is 0.323 e. The van der Waals surface area contributed by atoms with Crippen molar-refractivity contribution < 1.29 is 9.53 Å². The zero-order valence-electron chi connectivity index (χ0n) is 11.2. The van der Waals surface area contributed by atoms with Gasteiger partial charge >= 0.3 is 5.97 Å². The van der Waals surface area contributed by atoms with Crippen LogP contribution in [-0.4, -0.2) is 35.6 Å². The Hall–Kier alpha value is -0.570. The topological polar surface area (TPSA) is 29.5 Å². The Morgan fingerprint density at radius 2 is 2.06 bits per heavy atom. The van der Waals surface area contributed by atoms with E-state index in [0.29, 0.717) is 5.92 Å². The van der Waals surface area contributed by atoms with Crippen LogP contribution in [0.2, 0.25) is 0 Å². The van der Waals surface area contributed by atoms with Gasteiger partial charge in [-0.1, -0.05) is 13.8 Å². The number of hydrogen-bond acceptors (Lipinski definition) is 3. The molecule has 3 heteroatoms. The van der Waals surface area contributed by atoms with E-state index in [2.05, 4.69) is 18.7 Å². The summed E-state index contributed by atoms with van der Waals surface area (Å²) >= 11 is 0. The van der Waals surface area contributed by atoms with Gasteiger partial charge in [-0.3, -0.25) is 9.69 Å². The van der Waals surface area contributed by atoms with Gasteiger partial charge in [0.1, 0.15) is 11.6 Å². The monoisotopic (exact) mass is 227 g/mol. The second kappa shape index (κ2) is 5.17. The van der Waals surface area contributed by atoms with E-state index in [1.807, 2.05) is 20.8 Å². The van der Waals surface area contributed by atoms with E-state index in [-0.39, 0.29) is 17.6 Å². The van der Waals surface area contributed by atoms with Gasteiger partial charge in [0.2, 0.25) is 0 Å². The fraction of sp³-hybridized carbons (Fsp3) is 0.923. The second-order valence-electron chi connectivity index (χ2n) is 6.08. The standard InChI is InChI=1S/C13H25NO2/c1-10(2)9-14-8-6-7-11(14)12(15)16-13(3,4)5/h10-11H,6-9H2,1-5H3/t11-/m1/s1. The maximum atomic E-state index is 12.0. The lowest BCUT2D eigenvalue weighted by Crippen LogP contribution is -2.41. The molecular weight excluding hydrogens is 202 g/mol. The van der Waals surface area contributed by atoms with Crippen molar-refractivity contribution in [2.24, 2.45) is 5.92 Å². The maximum Gasteiger partial charge on any atom is 0.323 e. The van der Waals surface area contributed by atoms with E-state index in [9.17, 15) is 4.79 Å². The molecule has 1 aliphatic heterocycles. The first-order valence-electron chi connectivity index (χ1n) is 6.26. The Balaban J connectivity index is 2.54. The van der Waals surface area contributed by atoms with E-state index in [0.717, 1.165) is 25.9 Å². The van der Waals surface area contributed by atoms with Crippen molar-refractivity contribution in [3.8, 4) is 0 Å². The number of ether oxygens (including phenoxy) is 1. The van der Waals surface area contributed by atoms with E-state index < -0.39 is 0 Å². The highest BCUT2D eigenvalue weighted by atomic mass is 16.6. The van der Waals surface area contributed by atoms with Crippen LogP contribution in [0.1, 0.15) is 47.5 Å². The zero-order chi connectivity index (χ0) is 12.3. The average Bonchev–Trinajstić information content (AvgIpc) is 2.47. The third kappa shape index (κ3) is 4.12. The summed E-state index contributed by atoms with van der Waals surface area (Å²) in [5.41, 5.74) is -0.372. The summed E-state index contributed by atoms with van der Waals surface area (Å²) in [4.78, 5) is 14.3. The van der Waals surface area contributed by atoms with Gasteiger partial charge in [0.05, 0.1) is 0 Å². The number of nitrogens with zero attached hydrogens (tertiary/aromatic N) is 1. The summed E-state index contributed by atoms with van der Waals surface area (Å²) in [6, 6.07) is -0.0124. The molecule has 1 saturated heterocycles. The van der Waals surface area contributed by atoms with Crippen molar-refractivity contribution in [1.29, 1.82) is 0 Å². The van der Waals surface area contributed by atoms with Gasteiger partial charge in [-0.05, 0) is 46.1 Å². The molecule has 3 nitrogen and oxygen atoms in total. The first-order chi connectivity index (χ1) is 7.29. The Morgan fingerprint density at radius 3 is 2.56 bits per heavy atom. The lowest BCUT2D eigenvalue weighted by atomic mass is 10.1. The number of hydrogen-bond donors (Lipinski definition) is 0. The van der Waals surface area contributed by atoms with Crippen molar-refractivity contribution in [2.45, 2.75) is 59.1 Å². The van der Waals surface area contributed by atoms with E-state index >= 15 is 0 Å². The maximum absolute atomic E-state index is 12.0. The van der Waals surface area contributed by atoms with Crippen molar-refractivity contribution in [3.05, 3.63) is 0 Å². The molecule has 0 radical (unpaired) electrons. The van der Waals surface area contributed by atoms with Crippen molar-refractivity contribution >= 4 is 5.97 Å². The van der Waals surface area contributed by atoms with Gasteiger partial charge in [-0.2, -0.15) is 0 Å². The van der Waals surface area contributed by atoms with Gasteiger partial charge in [0.25, 0.3) is 0 Å². The molecule has 1 aliphatic rings. The number of likely N-dealkylation sites (tertiary alicyclic amines) is 1. The summed E-state index contributed by atoms with van der Waals surface area (Å²) < 4.78 is 5.45. The van der Waals surface area contributed by atoms with E-state index in [1.54, 1.807) is 0 Å². The Bertz CT molecular complexity index is 243. The number of rotatable bonds is 3. The molecule has 0 aromatic carbocycles. The molecular formula is C13H25NO2. The van der Waals surface area contributed by atoms with Gasteiger partial charge in [0.15, 0.2) is 0 Å². The van der Waals surface area contributed by atoms with E-state index in [4.69, 9.17) is 4.74 Å². The minimum Gasteiger partial charge on any atom is -0.459 e. The zero-order valence-corrected chi connectivity index (χ0v) is 11.2. The van der Waals surface area contributed by atoms with Crippen LogP contribution in [-0.2, 0) is 9.53 Å². The molecule has 1 fully saturated rings. The van der Waals surface area contributed by atoms with Crippen LogP contribution >= 0.6 is 0 Å². The molecule has 1 rings (SSSR count). The van der Waals surface area contributed by atoms with Gasteiger partial charge < -0.3 is 4.74 Å². The third-order valence-electron chi connectivity index (χ3n) is 2.64. The number of carbonyl (C=O) groups is 1. The average molecular weight is 227 g/mol. The Morgan fingerprint density at radius 1 is 1.44 bits per heavy atom. The molecule has 0 N–H and O–H groups in total. The molecule has 0 aromatic heterocycles. The fourth-order valence-electron chi connectivity index (χ4n) is 2.15. The van der Waals surface area contributed by atoms with Gasteiger partial charge in [-0.15, -0.1) is 0 Å². The first kappa shape index (κ1) is 13.5. The fourth-order valence-corrected chi connectivity index (χ4v) is 2.15. The number of carbonyl (C=O) groups excluding carboxylic acids is 1. The van der Waals surface area contributed by atoms with E-state index in [1.165, 1.54) is 0 Å². The highest BCUT2D eigenvalue weighted by molar-refractivity contribution is 5.76. The predicted octanol–water partition coefficient (Wildman–Crippen LogP) is 2.45. The van der Waals surface area contributed by atoms with Crippen molar-refractivity contribution in [2.75, 3.05) is 13.1 Å². The quantitative estimate of drug-likeness (QED) is 0.694. The minimum atomic E-state index is -0.372. The van der Waals surface area contributed by atoms with Crippen LogP contribution in [0.15, 0.2) is 0 Å². The number of esters is 1. The molecule has 0 amide bonds. The summed E-state index contributed by atoms with van der Waals surface area (Å²) in [6.07, 6.45) is 2.05. The Labute approximate surface area is 99.1 Å². The summed E-state index contributed by atoms with van der Waals surface area (Å²) in [5, 5.41) is 0. The highest BCUT2D eigenvalue weighted by Crippen LogP contribution is 2.21. The molecule has 0 bridgehead atoms. The van der Waals surface area contributed by atoms with Crippen LogP contribution in [0.5, 0.6) is 0 Å².